The van der Waals surface area contributed by atoms with Gasteiger partial charge in [0.15, 0.2) is 0 Å². The molecular weight excluding hydrogens is 220 g/mol. The Bertz CT molecular complexity index is 258. The molecule has 0 heterocycles. The molecular formula is C12H24O3Si. The lowest BCUT2D eigenvalue weighted by Gasteiger charge is -2.21. The molecule has 0 aliphatic rings. The lowest BCUT2D eigenvalue weighted by atomic mass is 9.97. The second-order valence-corrected chi connectivity index (χ2v) is 10.3. The van der Waals surface area contributed by atoms with Crippen molar-refractivity contribution in [1.29, 1.82) is 0 Å². The molecule has 0 saturated carbocycles. The number of hydrogen-bond acceptors (Lipinski definition) is 3. The minimum absolute atomic E-state index is 0.187. The van der Waals surface area contributed by atoms with Crippen LogP contribution in [-0.2, 0) is 14.0 Å². The van der Waals surface area contributed by atoms with Gasteiger partial charge in [0.05, 0.1) is 17.8 Å². The van der Waals surface area contributed by atoms with E-state index in [0.29, 0.717) is 18.8 Å². The van der Waals surface area contributed by atoms with Gasteiger partial charge in [0.1, 0.15) is 0 Å². The highest BCUT2D eigenvalue weighted by Crippen LogP contribution is 2.16. The van der Waals surface area contributed by atoms with Crippen LogP contribution in [0.5, 0.6) is 0 Å². The minimum Gasteiger partial charge on any atom is -0.548 e. The number of carbonyl (C=O) groups excluding carboxylic acids is 1. The van der Waals surface area contributed by atoms with Crippen LogP contribution in [0.3, 0.4) is 0 Å². The van der Waals surface area contributed by atoms with Gasteiger partial charge in [0, 0.05) is 6.42 Å². The maximum absolute atomic E-state index is 11.4. The fourth-order valence-electron chi connectivity index (χ4n) is 0.958. The Balaban J connectivity index is 3.84. The first-order chi connectivity index (χ1) is 7.02. The molecule has 3 nitrogen and oxygen atoms in total. The van der Waals surface area contributed by atoms with Crippen molar-refractivity contribution in [2.45, 2.75) is 46.8 Å². The Morgan fingerprint density at radius 3 is 2.12 bits per heavy atom. The predicted octanol–water partition coefficient (Wildman–Crippen LogP) is 3.33. The molecule has 0 radical (unpaired) electrons. The van der Waals surface area contributed by atoms with Gasteiger partial charge in [0.25, 0.3) is 0 Å². The zero-order chi connectivity index (χ0) is 13.0. The van der Waals surface area contributed by atoms with Gasteiger partial charge in [-0.05, 0) is 40.4 Å². The summed E-state index contributed by atoms with van der Waals surface area (Å²) in [5, 5.41) is 0. The Morgan fingerprint density at radius 2 is 1.75 bits per heavy atom. The summed E-state index contributed by atoms with van der Waals surface area (Å²) < 4.78 is 10.8. The molecule has 0 aromatic rings. The van der Waals surface area contributed by atoms with E-state index in [4.69, 9.17) is 9.16 Å². The van der Waals surface area contributed by atoms with Crippen molar-refractivity contribution in [3.8, 4) is 0 Å². The summed E-state index contributed by atoms with van der Waals surface area (Å²) >= 11 is 0. The van der Waals surface area contributed by atoms with Crippen molar-refractivity contribution in [3.63, 3.8) is 0 Å². The summed E-state index contributed by atoms with van der Waals surface area (Å²) in [6.07, 6.45) is 0.575. The molecule has 4 heteroatoms. The van der Waals surface area contributed by atoms with Crippen molar-refractivity contribution < 1.29 is 14.0 Å². The highest BCUT2D eigenvalue weighted by molar-refractivity contribution is 6.70. The molecule has 0 rings (SSSR count). The lowest BCUT2D eigenvalue weighted by Crippen LogP contribution is -2.26. The summed E-state index contributed by atoms with van der Waals surface area (Å²) in [6, 6.07) is 0. The second kappa shape index (κ2) is 5.52. The number of rotatable bonds is 5. The molecule has 0 unspecified atom stereocenters. The summed E-state index contributed by atoms with van der Waals surface area (Å²) in [4.78, 5) is 11.4. The first kappa shape index (κ1) is 15.2. The topological polar surface area (TPSA) is 35.5 Å². The van der Waals surface area contributed by atoms with Gasteiger partial charge >= 0.3 is 5.97 Å². The number of carbonyl (C=O) groups is 1. The Labute approximate surface area is 100.0 Å². The van der Waals surface area contributed by atoms with Crippen molar-refractivity contribution in [2.24, 2.45) is 5.41 Å². The average molecular weight is 244 g/mol. The van der Waals surface area contributed by atoms with Crippen LogP contribution in [0.4, 0.5) is 0 Å². The number of hydrogen-bond donors (Lipinski definition) is 0. The quantitative estimate of drug-likeness (QED) is 0.423. The van der Waals surface area contributed by atoms with E-state index in [1.807, 2.05) is 20.8 Å². The van der Waals surface area contributed by atoms with Crippen molar-refractivity contribution in [1.82, 2.24) is 0 Å². The number of ether oxygens (including phenoxy) is 1. The molecule has 0 N–H and O–H groups in total. The van der Waals surface area contributed by atoms with Gasteiger partial charge in [0.2, 0.25) is 8.32 Å². The van der Waals surface area contributed by atoms with Crippen LogP contribution in [0, 0.1) is 5.41 Å². The van der Waals surface area contributed by atoms with Crippen LogP contribution >= 0.6 is 0 Å². The van der Waals surface area contributed by atoms with E-state index in [1.54, 1.807) is 0 Å². The van der Waals surface area contributed by atoms with Crippen LogP contribution in [0.25, 0.3) is 0 Å². The SMILES string of the molecule is C=C(CCOC(=O)C(C)(C)C)O[Si](C)(C)C. The highest BCUT2D eigenvalue weighted by atomic mass is 28.4. The lowest BCUT2D eigenvalue weighted by molar-refractivity contribution is -0.152. The summed E-state index contributed by atoms with van der Waals surface area (Å²) in [7, 11) is -1.57. The van der Waals surface area contributed by atoms with E-state index < -0.39 is 13.7 Å². The molecule has 0 spiro atoms. The Kier molecular flexibility index (Phi) is 5.26. The highest BCUT2D eigenvalue weighted by Gasteiger charge is 2.23. The van der Waals surface area contributed by atoms with Crippen LogP contribution < -0.4 is 0 Å². The summed E-state index contributed by atoms with van der Waals surface area (Å²) in [5.41, 5.74) is -0.443. The van der Waals surface area contributed by atoms with Gasteiger partial charge in [-0.25, -0.2) is 0 Å². The zero-order valence-electron chi connectivity index (χ0n) is 11.3. The Hall–Kier alpha value is -0.773. The van der Waals surface area contributed by atoms with E-state index in [2.05, 4.69) is 26.2 Å². The van der Waals surface area contributed by atoms with Crippen molar-refractivity contribution in [3.05, 3.63) is 12.3 Å². The van der Waals surface area contributed by atoms with Crippen LogP contribution in [0.2, 0.25) is 19.6 Å². The molecule has 0 aliphatic heterocycles. The summed E-state index contributed by atoms with van der Waals surface area (Å²) in [5.74, 6) is 0.522. The molecule has 0 fully saturated rings. The molecule has 16 heavy (non-hydrogen) atoms. The summed E-state index contributed by atoms with van der Waals surface area (Å²) in [6.45, 7) is 16.0. The molecule has 0 aromatic heterocycles. The fraction of sp³-hybridized carbons (Fsp3) is 0.750. The average Bonchev–Trinajstić information content (AvgIpc) is 1.98. The maximum Gasteiger partial charge on any atom is 0.311 e. The van der Waals surface area contributed by atoms with E-state index in [0.717, 1.165) is 0 Å². The predicted molar refractivity (Wildman–Crippen MR) is 68.6 cm³/mol. The third-order valence-corrected chi connectivity index (χ3v) is 2.58. The van der Waals surface area contributed by atoms with Crippen molar-refractivity contribution >= 4 is 14.3 Å². The van der Waals surface area contributed by atoms with Crippen LogP contribution in [0.1, 0.15) is 27.2 Å². The molecule has 0 atom stereocenters. The largest absolute Gasteiger partial charge is 0.548 e. The third kappa shape index (κ3) is 7.51. The normalized spacial score (nSPS) is 12.1. The first-order valence-corrected chi connectivity index (χ1v) is 8.97. The molecule has 0 saturated heterocycles. The zero-order valence-corrected chi connectivity index (χ0v) is 12.3. The van der Waals surface area contributed by atoms with Gasteiger partial charge in [-0.1, -0.05) is 6.58 Å². The molecule has 0 bridgehead atoms. The van der Waals surface area contributed by atoms with E-state index in [-0.39, 0.29) is 5.97 Å². The van der Waals surface area contributed by atoms with E-state index >= 15 is 0 Å². The van der Waals surface area contributed by atoms with Crippen LogP contribution in [-0.4, -0.2) is 20.9 Å². The standard InChI is InChI=1S/C12H24O3Si/c1-10(15-16(5,6)7)8-9-14-11(13)12(2,3)4/h1,8-9H2,2-7H3. The van der Waals surface area contributed by atoms with Crippen molar-refractivity contribution in [2.75, 3.05) is 6.61 Å². The monoisotopic (exact) mass is 244 g/mol. The molecule has 94 valence electrons. The fourth-order valence-corrected chi connectivity index (χ4v) is 1.93. The van der Waals surface area contributed by atoms with Gasteiger partial charge < -0.3 is 9.16 Å². The van der Waals surface area contributed by atoms with E-state index in [1.165, 1.54) is 0 Å². The second-order valence-electron chi connectivity index (χ2n) is 5.89. The molecule has 0 amide bonds. The van der Waals surface area contributed by atoms with Gasteiger partial charge in [-0.2, -0.15) is 0 Å². The van der Waals surface area contributed by atoms with Gasteiger partial charge in [-0.15, -0.1) is 0 Å². The third-order valence-electron chi connectivity index (χ3n) is 1.68. The minimum atomic E-state index is -1.57. The molecule has 0 aliphatic carbocycles. The van der Waals surface area contributed by atoms with Gasteiger partial charge in [-0.3, -0.25) is 4.79 Å². The smallest absolute Gasteiger partial charge is 0.311 e. The molecule has 0 aromatic carbocycles. The first-order valence-electron chi connectivity index (χ1n) is 5.56. The van der Waals surface area contributed by atoms with E-state index in [9.17, 15) is 4.79 Å². The number of esters is 1. The Morgan fingerprint density at radius 1 is 1.25 bits per heavy atom. The van der Waals surface area contributed by atoms with Crippen LogP contribution in [0.15, 0.2) is 12.3 Å². The maximum atomic E-state index is 11.4.